The standard InChI is InChI=1S/C29H37N3O4/c1-5-7-13-24(30-6-2)18-19-36-31-21(3)20-26-27(22-11-9-8-10-12-22)32(28(26)33)25-16-14-23(15-17-25)29(34)35-4/h8-12,14-17,20,24,27,30H,5-7,13,18-19H2,1-4H3. The number of allylic oxidation sites excluding steroid dienone is 1. The molecule has 1 aliphatic heterocycles. The summed E-state index contributed by atoms with van der Waals surface area (Å²) in [5, 5.41) is 7.75. The molecule has 2 aromatic carbocycles. The number of hydrogen-bond acceptors (Lipinski definition) is 6. The minimum Gasteiger partial charge on any atom is -0.465 e. The van der Waals surface area contributed by atoms with E-state index in [4.69, 9.17) is 9.57 Å². The van der Waals surface area contributed by atoms with Crippen LogP contribution in [0.3, 0.4) is 0 Å². The van der Waals surface area contributed by atoms with Gasteiger partial charge in [-0.05, 0) is 62.2 Å². The number of oxime groups is 1. The summed E-state index contributed by atoms with van der Waals surface area (Å²) in [6.45, 7) is 7.62. The highest BCUT2D eigenvalue weighted by atomic mass is 16.6. The maximum Gasteiger partial charge on any atom is 0.337 e. The summed E-state index contributed by atoms with van der Waals surface area (Å²) in [5.74, 6) is -0.512. The van der Waals surface area contributed by atoms with Gasteiger partial charge in [0.05, 0.1) is 24.4 Å². The van der Waals surface area contributed by atoms with Gasteiger partial charge in [0, 0.05) is 17.3 Å². The molecule has 0 aromatic heterocycles. The number of nitrogens with zero attached hydrogens (tertiary/aromatic N) is 2. The second kappa shape index (κ2) is 13.6. The number of benzene rings is 2. The van der Waals surface area contributed by atoms with Crippen molar-refractivity contribution in [1.29, 1.82) is 0 Å². The van der Waals surface area contributed by atoms with Crippen molar-refractivity contribution in [1.82, 2.24) is 5.32 Å². The molecule has 192 valence electrons. The second-order valence-electron chi connectivity index (χ2n) is 8.88. The lowest BCUT2D eigenvalue weighted by Crippen LogP contribution is -2.49. The van der Waals surface area contributed by atoms with E-state index in [0.29, 0.717) is 35.2 Å². The average Bonchev–Trinajstić information content (AvgIpc) is 2.91. The van der Waals surface area contributed by atoms with Gasteiger partial charge in [-0.2, -0.15) is 0 Å². The number of carbonyl (C=O) groups excluding carboxylic acids is 2. The number of hydrogen-bond donors (Lipinski definition) is 1. The molecule has 1 fully saturated rings. The monoisotopic (exact) mass is 491 g/mol. The van der Waals surface area contributed by atoms with E-state index in [1.165, 1.54) is 20.0 Å². The summed E-state index contributed by atoms with van der Waals surface area (Å²) in [6.07, 6.45) is 6.19. The normalized spacial score (nSPS) is 17.6. The quantitative estimate of drug-likeness (QED) is 0.101. The van der Waals surface area contributed by atoms with Gasteiger partial charge in [0.15, 0.2) is 0 Å². The minimum absolute atomic E-state index is 0.101. The molecular formula is C29H37N3O4. The number of nitrogens with one attached hydrogen (secondary N) is 1. The SMILES string of the molecule is CCCCC(CCON=C(C)C=C1C(=O)N(c2ccc(C(=O)OC)cc2)C1c1ccccc1)NCC. The molecule has 2 aromatic rings. The molecule has 7 heteroatoms. The zero-order chi connectivity index (χ0) is 25.9. The van der Waals surface area contributed by atoms with Crippen molar-refractivity contribution in [2.75, 3.05) is 25.2 Å². The smallest absolute Gasteiger partial charge is 0.337 e. The number of anilines is 1. The summed E-state index contributed by atoms with van der Waals surface area (Å²) >= 11 is 0. The lowest BCUT2D eigenvalue weighted by molar-refractivity contribution is -0.119. The highest BCUT2D eigenvalue weighted by Crippen LogP contribution is 2.43. The Kier molecular flexibility index (Phi) is 10.2. The Balaban J connectivity index is 1.73. The van der Waals surface area contributed by atoms with Crippen LogP contribution in [0.2, 0.25) is 0 Å². The number of ether oxygens (including phenoxy) is 1. The molecule has 1 saturated heterocycles. The van der Waals surface area contributed by atoms with E-state index in [0.717, 1.165) is 24.9 Å². The largest absolute Gasteiger partial charge is 0.465 e. The van der Waals surface area contributed by atoms with E-state index in [9.17, 15) is 9.59 Å². The Morgan fingerprint density at radius 3 is 2.47 bits per heavy atom. The molecule has 0 saturated carbocycles. The molecule has 36 heavy (non-hydrogen) atoms. The van der Waals surface area contributed by atoms with Gasteiger partial charge in [-0.25, -0.2) is 4.79 Å². The first-order chi connectivity index (χ1) is 17.5. The van der Waals surface area contributed by atoms with Crippen LogP contribution in [0.4, 0.5) is 5.69 Å². The van der Waals surface area contributed by atoms with Gasteiger partial charge < -0.3 is 14.9 Å². The topological polar surface area (TPSA) is 80.2 Å². The van der Waals surface area contributed by atoms with Gasteiger partial charge in [-0.1, -0.05) is 62.2 Å². The highest BCUT2D eigenvalue weighted by molar-refractivity contribution is 6.18. The van der Waals surface area contributed by atoms with E-state index < -0.39 is 5.97 Å². The minimum atomic E-state index is -0.411. The van der Waals surface area contributed by atoms with Crippen LogP contribution in [0.15, 0.2) is 71.4 Å². The summed E-state index contributed by atoms with van der Waals surface area (Å²) in [6, 6.07) is 16.9. The molecule has 1 heterocycles. The highest BCUT2D eigenvalue weighted by Gasteiger charge is 2.43. The molecule has 1 amide bonds. The number of rotatable bonds is 13. The molecule has 0 aliphatic carbocycles. The maximum absolute atomic E-state index is 13.2. The van der Waals surface area contributed by atoms with Crippen molar-refractivity contribution in [2.24, 2.45) is 5.16 Å². The van der Waals surface area contributed by atoms with Gasteiger partial charge >= 0.3 is 5.97 Å². The van der Waals surface area contributed by atoms with Crippen LogP contribution in [-0.2, 0) is 14.4 Å². The van der Waals surface area contributed by atoms with E-state index in [1.807, 2.05) is 37.3 Å². The predicted octanol–water partition coefficient (Wildman–Crippen LogP) is 5.44. The first-order valence-electron chi connectivity index (χ1n) is 12.7. The molecule has 0 spiro atoms. The molecule has 7 nitrogen and oxygen atoms in total. The number of amides is 1. The van der Waals surface area contributed by atoms with Crippen molar-refractivity contribution in [3.8, 4) is 0 Å². The lowest BCUT2D eigenvalue weighted by Gasteiger charge is -2.43. The van der Waals surface area contributed by atoms with Gasteiger partial charge in [0.2, 0.25) is 0 Å². The molecule has 1 aliphatic rings. The Labute approximate surface area is 214 Å². The summed E-state index contributed by atoms with van der Waals surface area (Å²) in [7, 11) is 1.35. The molecule has 0 radical (unpaired) electrons. The Hall–Kier alpha value is -3.45. The van der Waals surface area contributed by atoms with E-state index in [2.05, 4.69) is 24.3 Å². The predicted molar refractivity (Wildman–Crippen MR) is 143 cm³/mol. The van der Waals surface area contributed by atoms with E-state index in [-0.39, 0.29) is 11.9 Å². The Morgan fingerprint density at radius 2 is 1.83 bits per heavy atom. The van der Waals surface area contributed by atoms with E-state index in [1.54, 1.807) is 35.2 Å². The second-order valence-corrected chi connectivity index (χ2v) is 8.88. The lowest BCUT2D eigenvalue weighted by atomic mass is 9.86. The Bertz CT molecular complexity index is 1060. The maximum atomic E-state index is 13.2. The third-order valence-corrected chi connectivity index (χ3v) is 6.23. The van der Waals surface area contributed by atoms with Crippen LogP contribution in [0, 0.1) is 0 Å². The molecule has 2 atom stereocenters. The van der Waals surface area contributed by atoms with Gasteiger partial charge in [-0.3, -0.25) is 9.69 Å². The molecule has 3 rings (SSSR count). The van der Waals surface area contributed by atoms with E-state index >= 15 is 0 Å². The van der Waals surface area contributed by atoms with Crippen LogP contribution in [0.25, 0.3) is 0 Å². The molecule has 2 unspecified atom stereocenters. The van der Waals surface area contributed by atoms with Crippen LogP contribution >= 0.6 is 0 Å². The fourth-order valence-corrected chi connectivity index (χ4v) is 4.37. The van der Waals surface area contributed by atoms with Crippen LogP contribution in [0.5, 0.6) is 0 Å². The fourth-order valence-electron chi connectivity index (χ4n) is 4.37. The summed E-state index contributed by atoms with van der Waals surface area (Å²) in [5.41, 5.74) is 3.45. The number of β-lactam (4-membered cyclic amide) rings is 1. The summed E-state index contributed by atoms with van der Waals surface area (Å²) in [4.78, 5) is 32.3. The van der Waals surface area contributed by atoms with Gasteiger partial charge in [-0.15, -0.1) is 0 Å². The first kappa shape index (κ1) is 27.1. The van der Waals surface area contributed by atoms with Crippen molar-refractivity contribution in [3.05, 3.63) is 77.4 Å². The van der Waals surface area contributed by atoms with Gasteiger partial charge in [0.1, 0.15) is 6.61 Å². The van der Waals surface area contributed by atoms with Crippen LogP contribution in [0.1, 0.15) is 68.4 Å². The zero-order valence-corrected chi connectivity index (χ0v) is 21.7. The molecule has 0 bridgehead atoms. The zero-order valence-electron chi connectivity index (χ0n) is 21.7. The van der Waals surface area contributed by atoms with Crippen LogP contribution < -0.4 is 10.2 Å². The fraction of sp³-hybridized carbons (Fsp3) is 0.414. The number of unbranched alkanes of at least 4 members (excludes halogenated alkanes) is 1. The van der Waals surface area contributed by atoms with Crippen molar-refractivity contribution >= 4 is 23.3 Å². The van der Waals surface area contributed by atoms with Crippen molar-refractivity contribution in [3.63, 3.8) is 0 Å². The van der Waals surface area contributed by atoms with Crippen molar-refractivity contribution < 1.29 is 19.2 Å². The third-order valence-electron chi connectivity index (χ3n) is 6.23. The van der Waals surface area contributed by atoms with Crippen molar-refractivity contribution in [2.45, 2.75) is 58.5 Å². The number of methoxy groups -OCH3 is 1. The molecular weight excluding hydrogens is 454 g/mol. The Morgan fingerprint density at radius 1 is 1.11 bits per heavy atom. The third kappa shape index (κ3) is 6.82. The van der Waals surface area contributed by atoms with Crippen LogP contribution in [-0.4, -0.2) is 43.9 Å². The molecule has 1 N–H and O–H groups in total. The first-order valence-corrected chi connectivity index (χ1v) is 12.7. The average molecular weight is 492 g/mol. The van der Waals surface area contributed by atoms with Gasteiger partial charge in [0.25, 0.3) is 5.91 Å². The number of carbonyl (C=O) groups is 2. The number of esters is 1. The summed E-state index contributed by atoms with van der Waals surface area (Å²) < 4.78 is 4.77.